The van der Waals surface area contributed by atoms with Crippen molar-refractivity contribution in [3.63, 3.8) is 0 Å². The molecule has 2 aromatic heterocycles. The maximum absolute atomic E-state index is 9.69. The van der Waals surface area contributed by atoms with Gasteiger partial charge in [0.2, 0.25) is 0 Å². The number of rotatable bonds is 6. The van der Waals surface area contributed by atoms with Crippen molar-refractivity contribution in [2.75, 3.05) is 13.2 Å². The third-order valence-electron chi connectivity index (χ3n) is 5.94. The molecule has 0 aliphatic carbocycles. The predicted molar refractivity (Wildman–Crippen MR) is 124 cm³/mol. The summed E-state index contributed by atoms with van der Waals surface area (Å²) in [4.78, 5) is 6.68. The van der Waals surface area contributed by atoms with Crippen molar-refractivity contribution in [2.45, 2.75) is 39.3 Å². The summed E-state index contributed by atoms with van der Waals surface area (Å²) >= 11 is 5.65. The van der Waals surface area contributed by atoms with Crippen molar-refractivity contribution >= 4 is 17.3 Å². The molecule has 30 heavy (non-hydrogen) atoms. The molecule has 0 unspecified atom stereocenters. The molecule has 0 radical (unpaired) electrons. The summed E-state index contributed by atoms with van der Waals surface area (Å²) in [5, 5.41) is 13.8. The first-order valence-electron chi connectivity index (χ1n) is 10.4. The number of hydrogen-bond donors (Lipinski definition) is 2. The number of nitrogens with one attached hydrogen (secondary N) is 1. The summed E-state index contributed by atoms with van der Waals surface area (Å²) in [6.07, 6.45) is 2.79. The van der Waals surface area contributed by atoms with Gasteiger partial charge < -0.3 is 19.9 Å². The Bertz CT molecular complexity index is 1050. The van der Waals surface area contributed by atoms with Gasteiger partial charge in [0.05, 0.1) is 24.4 Å². The van der Waals surface area contributed by atoms with Crippen LogP contribution < -0.4 is 5.32 Å². The first-order valence-corrected chi connectivity index (χ1v) is 10.8. The van der Waals surface area contributed by atoms with Crippen LogP contribution in [0.15, 0.2) is 54.7 Å². The maximum atomic E-state index is 9.69. The molecule has 0 bridgehead atoms. The normalized spacial score (nSPS) is 18.7. The summed E-state index contributed by atoms with van der Waals surface area (Å²) in [5.41, 5.74) is 7.06. The van der Waals surface area contributed by atoms with Gasteiger partial charge in [-0.2, -0.15) is 0 Å². The van der Waals surface area contributed by atoms with Crippen molar-refractivity contribution in [2.24, 2.45) is 0 Å². The number of aryl methyl sites for hydroxylation is 2. The van der Waals surface area contributed by atoms with Crippen molar-refractivity contribution in [1.29, 1.82) is 0 Å². The molecule has 1 saturated heterocycles. The number of pyridine rings is 1. The number of aliphatic hydroxyl groups excluding tert-OH is 1. The second-order valence-corrected chi connectivity index (χ2v) is 8.07. The van der Waals surface area contributed by atoms with Gasteiger partial charge in [-0.05, 0) is 67.9 Å². The summed E-state index contributed by atoms with van der Waals surface area (Å²) in [7, 11) is 0. The summed E-state index contributed by atoms with van der Waals surface area (Å²) < 4.78 is 2.34. The molecular weight excluding hydrogens is 392 g/mol. The van der Waals surface area contributed by atoms with Crippen molar-refractivity contribution in [3.8, 4) is 5.69 Å². The van der Waals surface area contributed by atoms with Crippen molar-refractivity contribution in [3.05, 3.63) is 82.9 Å². The minimum Gasteiger partial charge on any atom is -0.395 e. The fourth-order valence-electron chi connectivity index (χ4n) is 4.58. The number of thiocarbonyl (C=S) groups is 1. The van der Waals surface area contributed by atoms with Gasteiger partial charge in [0.1, 0.15) is 0 Å². The number of hydrogen-bond acceptors (Lipinski definition) is 3. The van der Waals surface area contributed by atoms with E-state index in [0.29, 0.717) is 11.7 Å². The van der Waals surface area contributed by atoms with Crippen LogP contribution in [-0.4, -0.2) is 37.8 Å². The Hall–Kier alpha value is -2.70. The van der Waals surface area contributed by atoms with Gasteiger partial charge in [0, 0.05) is 29.8 Å². The molecule has 156 valence electrons. The first-order chi connectivity index (χ1) is 14.6. The average molecular weight is 421 g/mol. The number of aliphatic hydroxyl groups is 1. The van der Waals surface area contributed by atoms with E-state index in [1.54, 1.807) is 0 Å². The minimum absolute atomic E-state index is 0.0340. The Morgan fingerprint density at radius 2 is 1.90 bits per heavy atom. The van der Waals surface area contributed by atoms with Crippen LogP contribution >= 0.6 is 12.2 Å². The zero-order valence-corrected chi connectivity index (χ0v) is 18.5. The summed E-state index contributed by atoms with van der Waals surface area (Å²) in [6, 6.07) is 16.7. The third kappa shape index (κ3) is 3.50. The molecule has 6 heteroatoms. The number of β-amino-alcohol motifs (C(OH)–C–C–N with tert-alkyl or cyclic N) is 1. The van der Waals surface area contributed by atoms with Gasteiger partial charge in [-0.1, -0.05) is 31.2 Å². The maximum Gasteiger partial charge on any atom is 0.170 e. The van der Waals surface area contributed by atoms with E-state index in [1.807, 2.05) is 24.4 Å². The molecule has 1 aliphatic rings. The molecule has 2 N–H and O–H groups in total. The van der Waals surface area contributed by atoms with Crippen LogP contribution in [0, 0.1) is 13.8 Å². The average Bonchev–Trinajstić information content (AvgIpc) is 3.24. The number of benzene rings is 1. The third-order valence-corrected chi connectivity index (χ3v) is 6.29. The van der Waals surface area contributed by atoms with Gasteiger partial charge in [0.15, 0.2) is 5.11 Å². The largest absolute Gasteiger partial charge is 0.395 e. The summed E-state index contributed by atoms with van der Waals surface area (Å²) in [6.45, 7) is 7.03. The van der Waals surface area contributed by atoms with E-state index in [1.165, 1.54) is 28.2 Å². The van der Waals surface area contributed by atoms with Crippen molar-refractivity contribution < 1.29 is 5.11 Å². The Morgan fingerprint density at radius 1 is 1.13 bits per heavy atom. The quantitative estimate of drug-likeness (QED) is 0.590. The lowest BCUT2D eigenvalue weighted by molar-refractivity contribution is 0.223. The standard InChI is InChI=1S/C24H28N4OS/c1-4-18-9-5-6-11-21(18)28-16(2)15-19(17(28)3)23-22(20-10-7-8-12-25-20)26-24(30)27(23)13-14-29/h5-12,15,22-23,29H,4,13-14H2,1-3H3,(H,26,30)/t22-,23-/m1/s1. The van der Waals surface area contributed by atoms with Gasteiger partial charge in [-0.25, -0.2) is 0 Å². The van der Waals surface area contributed by atoms with Crippen LogP contribution in [0.3, 0.4) is 0 Å². The molecule has 1 aliphatic heterocycles. The van der Waals surface area contributed by atoms with Crippen LogP contribution in [-0.2, 0) is 6.42 Å². The van der Waals surface area contributed by atoms with E-state index in [0.717, 1.165) is 12.1 Å². The van der Waals surface area contributed by atoms with Crippen molar-refractivity contribution in [1.82, 2.24) is 19.8 Å². The number of nitrogens with zero attached hydrogens (tertiary/aromatic N) is 3. The molecule has 0 spiro atoms. The Labute approximate surface area is 183 Å². The van der Waals surface area contributed by atoms with Gasteiger partial charge >= 0.3 is 0 Å². The SMILES string of the molecule is CCc1ccccc1-n1c(C)cc([C@@H]2[C@@H](c3ccccn3)NC(=S)N2CCO)c1C. The van der Waals surface area contributed by atoms with Crippen LogP contribution in [0.2, 0.25) is 0 Å². The molecule has 0 saturated carbocycles. The van der Waals surface area contributed by atoms with E-state index < -0.39 is 0 Å². The zero-order valence-electron chi connectivity index (χ0n) is 17.7. The molecule has 0 amide bonds. The zero-order chi connectivity index (χ0) is 21.3. The van der Waals surface area contributed by atoms with Gasteiger partial charge in [-0.15, -0.1) is 0 Å². The summed E-state index contributed by atoms with van der Waals surface area (Å²) in [5.74, 6) is 0. The molecule has 3 heterocycles. The molecule has 2 atom stereocenters. The van der Waals surface area contributed by atoms with Crippen LogP contribution in [0.25, 0.3) is 5.69 Å². The fourth-order valence-corrected chi connectivity index (χ4v) is 4.91. The van der Waals surface area contributed by atoms with E-state index in [2.05, 4.69) is 70.9 Å². The van der Waals surface area contributed by atoms with E-state index in [4.69, 9.17) is 12.2 Å². The highest BCUT2D eigenvalue weighted by atomic mass is 32.1. The lowest BCUT2D eigenvalue weighted by Gasteiger charge is -2.27. The molecule has 4 rings (SSSR count). The number of aromatic nitrogens is 2. The van der Waals surface area contributed by atoms with Gasteiger partial charge in [0.25, 0.3) is 0 Å². The second-order valence-electron chi connectivity index (χ2n) is 7.69. The molecular formula is C24H28N4OS. The fraction of sp³-hybridized carbons (Fsp3) is 0.333. The van der Waals surface area contributed by atoms with E-state index in [-0.39, 0.29) is 18.7 Å². The molecule has 3 aromatic rings. The highest BCUT2D eigenvalue weighted by molar-refractivity contribution is 7.80. The monoisotopic (exact) mass is 420 g/mol. The van der Waals surface area contributed by atoms with Crippen LogP contribution in [0.5, 0.6) is 0 Å². The van der Waals surface area contributed by atoms with Gasteiger partial charge in [-0.3, -0.25) is 4.98 Å². The minimum atomic E-state index is -0.0689. The highest BCUT2D eigenvalue weighted by Gasteiger charge is 2.41. The van der Waals surface area contributed by atoms with Crippen LogP contribution in [0.1, 0.15) is 47.2 Å². The Morgan fingerprint density at radius 3 is 2.60 bits per heavy atom. The topological polar surface area (TPSA) is 53.3 Å². The molecule has 5 nitrogen and oxygen atoms in total. The Kier molecular flexibility index (Phi) is 5.88. The second kappa shape index (κ2) is 8.58. The smallest absolute Gasteiger partial charge is 0.170 e. The Balaban J connectivity index is 1.85. The first kappa shape index (κ1) is 20.6. The molecule has 1 fully saturated rings. The lowest BCUT2D eigenvalue weighted by Crippen LogP contribution is -2.32. The van der Waals surface area contributed by atoms with E-state index >= 15 is 0 Å². The lowest BCUT2D eigenvalue weighted by atomic mass is 9.97. The predicted octanol–water partition coefficient (Wildman–Crippen LogP) is 4.02. The van der Waals surface area contributed by atoms with E-state index in [9.17, 15) is 5.11 Å². The molecule has 1 aromatic carbocycles. The highest BCUT2D eigenvalue weighted by Crippen LogP contribution is 2.41. The van der Waals surface area contributed by atoms with Crippen LogP contribution in [0.4, 0.5) is 0 Å². The number of para-hydroxylation sites is 1.